The SMILES string of the molecule is CCN(C(=O)NC(=O)CCl)C(C)CN(C)C. The fourth-order valence-electron chi connectivity index (χ4n) is 1.51. The molecule has 1 unspecified atom stereocenters. The molecule has 16 heavy (non-hydrogen) atoms. The van der Waals surface area contributed by atoms with Crippen LogP contribution >= 0.6 is 11.6 Å². The molecular formula is C10H20ClN3O2. The van der Waals surface area contributed by atoms with Crippen LogP contribution in [0.3, 0.4) is 0 Å². The second-order valence-corrected chi connectivity index (χ2v) is 4.15. The Morgan fingerprint density at radius 2 is 1.94 bits per heavy atom. The number of hydrogen-bond donors (Lipinski definition) is 1. The summed E-state index contributed by atoms with van der Waals surface area (Å²) in [5, 5.41) is 2.23. The van der Waals surface area contributed by atoms with E-state index in [9.17, 15) is 9.59 Å². The molecule has 6 heteroatoms. The number of alkyl halides is 1. The van der Waals surface area contributed by atoms with E-state index in [-0.39, 0.29) is 18.0 Å². The molecule has 0 saturated carbocycles. The lowest BCUT2D eigenvalue weighted by Gasteiger charge is -2.29. The van der Waals surface area contributed by atoms with Crippen molar-refractivity contribution in [3.63, 3.8) is 0 Å². The molecule has 0 aromatic heterocycles. The maximum Gasteiger partial charge on any atom is 0.324 e. The van der Waals surface area contributed by atoms with Crippen molar-refractivity contribution in [2.45, 2.75) is 19.9 Å². The molecule has 0 rings (SSSR count). The zero-order valence-electron chi connectivity index (χ0n) is 10.3. The van der Waals surface area contributed by atoms with Crippen LogP contribution in [-0.4, -0.2) is 60.8 Å². The molecule has 0 aliphatic heterocycles. The van der Waals surface area contributed by atoms with Gasteiger partial charge in [0.15, 0.2) is 0 Å². The molecule has 5 nitrogen and oxygen atoms in total. The second-order valence-electron chi connectivity index (χ2n) is 3.88. The number of likely N-dealkylation sites (N-methyl/N-ethyl adjacent to an activating group) is 2. The van der Waals surface area contributed by atoms with Gasteiger partial charge in [0, 0.05) is 19.1 Å². The second kappa shape index (κ2) is 7.46. The monoisotopic (exact) mass is 249 g/mol. The molecule has 1 atom stereocenters. The van der Waals surface area contributed by atoms with Crippen molar-refractivity contribution in [1.29, 1.82) is 0 Å². The van der Waals surface area contributed by atoms with Gasteiger partial charge in [0.2, 0.25) is 5.91 Å². The van der Waals surface area contributed by atoms with Gasteiger partial charge in [0.1, 0.15) is 5.88 Å². The van der Waals surface area contributed by atoms with E-state index in [1.54, 1.807) is 4.90 Å². The van der Waals surface area contributed by atoms with Crippen molar-refractivity contribution in [2.75, 3.05) is 33.1 Å². The first-order chi connectivity index (χ1) is 7.42. The van der Waals surface area contributed by atoms with Gasteiger partial charge >= 0.3 is 6.03 Å². The highest BCUT2D eigenvalue weighted by molar-refractivity contribution is 6.28. The van der Waals surface area contributed by atoms with E-state index < -0.39 is 5.91 Å². The third-order valence-electron chi connectivity index (χ3n) is 2.13. The van der Waals surface area contributed by atoms with Gasteiger partial charge in [-0.1, -0.05) is 0 Å². The summed E-state index contributed by atoms with van der Waals surface area (Å²) in [5.74, 6) is -0.673. The standard InChI is InChI=1S/C10H20ClN3O2/c1-5-14(8(2)7-13(3)4)10(16)12-9(15)6-11/h8H,5-7H2,1-4H3,(H,12,15,16). The maximum atomic E-state index is 11.7. The molecule has 0 fully saturated rings. The molecule has 94 valence electrons. The van der Waals surface area contributed by atoms with Crippen molar-refractivity contribution in [1.82, 2.24) is 15.1 Å². The van der Waals surface area contributed by atoms with E-state index in [0.717, 1.165) is 6.54 Å². The molecule has 0 aromatic rings. The predicted octanol–water partition coefficient (Wildman–Crippen LogP) is 0.733. The summed E-state index contributed by atoms with van der Waals surface area (Å²) >= 11 is 5.32. The van der Waals surface area contributed by atoms with Gasteiger partial charge in [-0.3, -0.25) is 10.1 Å². The summed E-state index contributed by atoms with van der Waals surface area (Å²) in [6.45, 7) is 5.11. The van der Waals surface area contributed by atoms with Crippen molar-refractivity contribution >= 4 is 23.5 Å². The van der Waals surface area contributed by atoms with E-state index >= 15 is 0 Å². The highest BCUT2D eigenvalue weighted by Crippen LogP contribution is 2.00. The lowest BCUT2D eigenvalue weighted by atomic mass is 10.3. The Morgan fingerprint density at radius 1 is 1.38 bits per heavy atom. The van der Waals surface area contributed by atoms with Gasteiger partial charge in [-0.2, -0.15) is 0 Å². The molecular weight excluding hydrogens is 230 g/mol. The van der Waals surface area contributed by atoms with Gasteiger partial charge in [-0.05, 0) is 27.9 Å². The van der Waals surface area contributed by atoms with Crippen LogP contribution in [-0.2, 0) is 4.79 Å². The highest BCUT2D eigenvalue weighted by atomic mass is 35.5. The first kappa shape index (κ1) is 15.2. The smallest absolute Gasteiger partial charge is 0.321 e. The molecule has 0 bridgehead atoms. The number of carbonyl (C=O) groups is 2. The molecule has 0 heterocycles. The Hall–Kier alpha value is -0.810. The highest BCUT2D eigenvalue weighted by Gasteiger charge is 2.20. The average molecular weight is 250 g/mol. The zero-order chi connectivity index (χ0) is 12.7. The van der Waals surface area contributed by atoms with E-state index in [1.165, 1.54) is 0 Å². The summed E-state index contributed by atoms with van der Waals surface area (Å²) < 4.78 is 0. The summed E-state index contributed by atoms with van der Waals surface area (Å²) in [6, 6.07) is -0.342. The van der Waals surface area contributed by atoms with Crippen LogP contribution in [0, 0.1) is 0 Å². The number of nitrogens with zero attached hydrogens (tertiary/aromatic N) is 2. The van der Waals surface area contributed by atoms with E-state index in [0.29, 0.717) is 6.54 Å². The normalized spacial score (nSPS) is 12.4. The minimum atomic E-state index is -0.470. The summed E-state index contributed by atoms with van der Waals surface area (Å²) in [6.07, 6.45) is 0. The number of carbonyl (C=O) groups excluding carboxylic acids is 2. The Bertz CT molecular complexity index is 246. The van der Waals surface area contributed by atoms with Gasteiger partial charge < -0.3 is 9.80 Å². The third kappa shape index (κ3) is 5.32. The Kier molecular flexibility index (Phi) is 7.08. The van der Waals surface area contributed by atoms with Crippen LogP contribution in [0.1, 0.15) is 13.8 Å². The van der Waals surface area contributed by atoms with Gasteiger partial charge in [0.05, 0.1) is 0 Å². The Morgan fingerprint density at radius 3 is 2.31 bits per heavy atom. The molecule has 0 saturated heterocycles. The molecule has 0 aliphatic rings. The van der Waals surface area contributed by atoms with Crippen LogP contribution in [0.4, 0.5) is 4.79 Å². The quantitative estimate of drug-likeness (QED) is 0.731. The molecule has 1 N–H and O–H groups in total. The Labute approximate surface area is 102 Å². The van der Waals surface area contributed by atoms with Gasteiger partial charge in [0.25, 0.3) is 0 Å². The number of urea groups is 1. The first-order valence-electron chi connectivity index (χ1n) is 5.23. The maximum absolute atomic E-state index is 11.7. The fraction of sp³-hybridized carbons (Fsp3) is 0.800. The van der Waals surface area contributed by atoms with Crippen LogP contribution in [0.25, 0.3) is 0 Å². The van der Waals surface area contributed by atoms with E-state index in [1.807, 2.05) is 32.8 Å². The minimum Gasteiger partial charge on any atom is -0.321 e. The molecule has 0 aliphatic carbocycles. The number of rotatable bonds is 5. The predicted molar refractivity (Wildman–Crippen MR) is 64.7 cm³/mol. The molecule has 0 spiro atoms. The summed E-state index contributed by atoms with van der Waals surface area (Å²) in [7, 11) is 3.87. The van der Waals surface area contributed by atoms with Crippen molar-refractivity contribution in [3.8, 4) is 0 Å². The number of amides is 3. The summed E-state index contributed by atoms with van der Waals surface area (Å²) in [4.78, 5) is 26.3. The number of nitrogens with one attached hydrogen (secondary N) is 1. The molecule has 0 aromatic carbocycles. The topological polar surface area (TPSA) is 52.7 Å². The van der Waals surface area contributed by atoms with E-state index in [4.69, 9.17) is 11.6 Å². The largest absolute Gasteiger partial charge is 0.324 e. The van der Waals surface area contributed by atoms with Crippen molar-refractivity contribution in [3.05, 3.63) is 0 Å². The molecule has 0 radical (unpaired) electrons. The number of imide groups is 1. The fourth-order valence-corrected chi connectivity index (χ4v) is 1.57. The van der Waals surface area contributed by atoms with Crippen LogP contribution in [0.2, 0.25) is 0 Å². The first-order valence-corrected chi connectivity index (χ1v) is 5.76. The average Bonchev–Trinajstić information content (AvgIpc) is 2.17. The minimum absolute atomic E-state index is 0.0446. The summed E-state index contributed by atoms with van der Waals surface area (Å²) in [5.41, 5.74) is 0. The van der Waals surface area contributed by atoms with Crippen LogP contribution in [0.15, 0.2) is 0 Å². The Balaban J connectivity index is 4.36. The van der Waals surface area contributed by atoms with Gasteiger partial charge in [-0.15, -0.1) is 11.6 Å². The molecule has 3 amide bonds. The number of halogens is 1. The van der Waals surface area contributed by atoms with Crippen LogP contribution < -0.4 is 5.32 Å². The zero-order valence-corrected chi connectivity index (χ0v) is 11.0. The third-order valence-corrected chi connectivity index (χ3v) is 2.37. The van der Waals surface area contributed by atoms with Crippen LogP contribution in [0.5, 0.6) is 0 Å². The number of hydrogen-bond acceptors (Lipinski definition) is 3. The van der Waals surface area contributed by atoms with Gasteiger partial charge in [-0.25, -0.2) is 4.79 Å². The van der Waals surface area contributed by atoms with Crippen molar-refractivity contribution in [2.24, 2.45) is 0 Å². The lowest BCUT2D eigenvalue weighted by Crippen LogP contribution is -2.50. The van der Waals surface area contributed by atoms with Crippen molar-refractivity contribution < 1.29 is 9.59 Å². The van der Waals surface area contributed by atoms with E-state index in [2.05, 4.69) is 5.32 Å². The lowest BCUT2D eigenvalue weighted by molar-refractivity contribution is -0.117.